The second-order valence-corrected chi connectivity index (χ2v) is 2.77. The maximum absolute atomic E-state index is 8.57. The van der Waals surface area contributed by atoms with Gasteiger partial charge in [0.15, 0.2) is 6.79 Å². The first-order valence-corrected chi connectivity index (χ1v) is 4.35. The first kappa shape index (κ1) is 11.4. The minimum atomic E-state index is -0.472. The van der Waals surface area contributed by atoms with Crippen LogP contribution in [0.25, 0.3) is 0 Å². The highest BCUT2D eigenvalue weighted by molar-refractivity contribution is 5.67. The van der Waals surface area contributed by atoms with Gasteiger partial charge >= 0.3 is 0 Å². The molecule has 1 rings (SSSR count). The lowest BCUT2D eigenvalue weighted by atomic mass is 10.2. The van der Waals surface area contributed by atoms with Crippen molar-refractivity contribution in [2.75, 3.05) is 31.5 Å². The summed E-state index contributed by atoms with van der Waals surface area (Å²) in [6, 6.07) is 2.94. The van der Waals surface area contributed by atoms with Crippen molar-refractivity contribution in [3.8, 4) is 11.5 Å². The van der Waals surface area contributed by atoms with Crippen LogP contribution in [0.3, 0.4) is 0 Å². The molecule has 0 amide bonds. The van der Waals surface area contributed by atoms with Gasteiger partial charge in [-0.1, -0.05) is 0 Å². The molecule has 1 aromatic carbocycles. The third-order valence-electron chi connectivity index (χ3n) is 1.71. The lowest BCUT2D eigenvalue weighted by Crippen LogP contribution is -2.06. The molecule has 15 heavy (non-hydrogen) atoms. The van der Waals surface area contributed by atoms with E-state index in [1.807, 2.05) is 0 Å². The van der Waals surface area contributed by atoms with Crippen molar-refractivity contribution in [1.29, 1.82) is 0 Å². The summed E-state index contributed by atoms with van der Waals surface area (Å²) in [5, 5.41) is 17.1. The van der Waals surface area contributed by atoms with E-state index in [0.29, 0.717) is 22.9 Å². The van der Waals surface area contributed by atoms with Gasteiger partial charge in [0.1, 0.15) is 18.1 Å². The highest BCUT2D eigenvalue weighted by atomic mass is 16.6. The summed E-state index contributed by atoms with van der Waals surface area (Å²) >= 11 is 0. The minimum absolute atomic E-state index is 0.103. The average Bonchev–Trinajstić information content (AvgIpc) is 2.21. The number of benzene rings is 1. The normalized spacial score (nSPS) is 10.0. The topological polar surface area (TPSA) is 111 Å². The number of aliphatic hydroxyl groups is 2. The largest absolute Gasteiger partial charge is 0.489 e. The van der Waals surface area contributed by atoms with E-state index in [0.717, 1.165) is 0 Å². The number of rotatable bonds is 5. The van der Waals surface area contributed by atoms with Gasteiger partial charge in [-0.05, 0) is 0 Å². The van der Waals surface area contributed by atoms with Crippen LogP contribution in [-0.2, 0) is 0 Å². The van der Waals surface area contributed by atoms with Crippen LogP contribution in [0, 0.1) is 0 Å². The fourth-order valence-corrected chi connectivity index (χ4v) is 1.07. The van der Waals surface area contributed by atoms with Crippen molar-refractivity contribution >= 4 is 11.4 Å². The molecule has 0 bridgehead atoms. The van der Waals surface area contributed by atoms with Crippen molar-refractivity contribution in [3.63, 3.8) is 0 Å². The predicted molar refractivity (Wildman–Crippen MR) is 55.6 cm³/mol. The van der Waals surface area contributed by atoms with Gasteiger partial charge < -0.3 is 31.2 Å². The Kier molecular flexibility index (Phi) is 4.02. The molecule has 0 radical (unpaired) electrons. The van der Waals surface area contributed by atoms with Crippen LogP contribution in [0.15, 0.2) is 12.1 Å². The van der Waals surface area contributed by atoms with E-state index < -0.39 is 6.79 Å². The molecule has 0 spiro atoms. The van der Waals surface area contributed by atoms with Crippen molar-refractivity contribution in [3.05, 3.63) is 12.1 Å². The molecule has 0 atom stereocenters. The van der Waals surface area contributed by atoms with Gasteiger partial charge in [0.05, 0.1) is 18.0 Å². The quantitative estimate of drug-likeness (QED) is 0.390. The zero-order valence-corrected chi connectivity index (χ0v) is 8.14. The number of ether oxygens (including phenoxy) is 2. The molecule has 0 saturated heterocycles. The minimum Gasteiger partial charge on any atom is -0.489 e. The molecule has 0 aromatic heterocycles. The van der Waals surface area contributed by atoms with Gasteiger partial charge in [-0.3, -0.25) is 0 Å². The molecule has 6 heteroatoms. The molecule has 0 aliphatic carbocycles. The van der Waals surface area contributed by atoms with Crippen LogP contribution >= 0.6 is 0 Å². The molecule has 84 valence electrons. The highest BCUT2D eigenvalue weighted by Crippen LogP contribution is 2.32. The molecule has 0 saturated carbocycles. The van der Waals surface area contributed by atoms with E-state index in [-0.39, 0.29) is 13.2 Å². The van der Waals surface area contributed by atoms with Crippen LogP contribution in [-0.4, -0.2) is 30.2 Å². The number of hydrogen-bond acceptors (Lipinski definition) is 6. The standard InChI is InChI=1S/C9H14N2O4/c10-6-4-9(15-5-13)7(11)3-8(6)14-2-1-12/h3-4,12-13H,1-2,5,10-11H2. The van der Waals surface area contributed by atoms with Crippen LogP contribution in [0.1, 0.15) is 0 Å². The van der Waals surface area contributed by atoms with Gasteiger partial charge in [-0.25, -0.2) is 0 Å². The van der Waals surface area contributed by atoms with Crippen LogP contribution in [0.4, 0.5) is 11.4 Å². The maximum Gasteiger partial charge on any atom is 0.186 e. The first-order valence-electron chi connectivity index (χ1n) is 4.35. The highest BCUT2D eigenvalue weighted by Gasteiger charge is 2.07. The number of nitrogens with two attached hydrogens (primary N) is 2. The third-order valence-corrected chi connectivity index (χ3v) is 1.71. The second kappa shape index (κ2) is 5.28. The summed E-state index contributed by atoms with van der Waals surface area (Å²) in [5.74, 6) is 0.679. The zero-order chi connectivity index (χ0) is 11.3. The lowest BCUT2D eigenvalue weighted by Gasteiger charge is -2.11. The van der Waals surface area contributed by atoms with Gasteiger partial charge in [0, 0.05) is 12.1 Å². The SMILES string of the molecule is Nc1cc(OCCO)c(N)cc1OCO. The smallest absolute Gasteiger partial charge is 0.186 e. The van der Waals surface area contributed by atoms with Crippen molar-refractivity contribution < 1.29 is 19.7 Å². The average molecular weight is 214 g/mol. The van der Waals surface area contributed by atoms with E-state index in [4.69, 9.17) is 31.2 Å². The van der Waals surface area contributed by atoms with E-state index in [2.05, 4.69) is 0 Å². The monoisotopic (exact) mass is 214 g/mol. The fourth-order valence-electron chi connectivity index (χ4n) is 1.07. The van der Waals surface area contributed by atoms with Crippen molar-refractivity contribution in [2.24, 2.45) is 0 Å². The van der Waals surface area contributed by atoms with Gasteiger partial charge in [0.25, 0.3) is 0 Å². The third kappa shape index (κ3) is 2.90. The van der Waals surface area contributed by atoms with Gasteiger partial charge in [-0.15, -0.1) is 0 Å². The summed E-state index contributed by atoms with van der Waals surface area (Å²) in [7, 11) is 0. The van der Waals surface area contributed by atoms with Crippen molar-refractivity contribution in [2.45, 2.75) is 0 Å². The summed E-state index contributed by atoms with van der Waals surface area (Å²) < 4.78 is 9.95. The molecule has 0 fully saturated rings. The molecule has 0 unspecified atom stereocenters. The van der Waals surface area contributed by atoms with Crippen LogP contribution in [0.2, 0.25) is 0 Å². The molecule has 1 aromatic rings. The Balaban J connectivity index is 2.87. The number of aliphatic hydroxyl groups excluding tert-OH is 2. The van der Waals surface area contributed by atoms with Crippen molar-refractivity contribution in [1.82, 2.24) is 0 Å². The number of hydrogen-bond donors (Lipinski definition) is 4. The molecule has 6 N–H and O–H groups in total. The summed E-state index contributed by atoms with van der Waals surface area (Å²) in [5.41, 5.74) is 11.9. The molecular formula is C9H14N2O4. The Labute approximate surface area is 87.0 Å². The summed E-state index contributed by atoms with van der Waals surface area (Å²) in [4.78, 5) is 0. The predicted octanol–water partition coefficient (Wildman–Crippen LogP) is -0.449. The Bertz CT molecular complexity index is 330. The van der Waals surface area contributed by atoms with E-state index in [1.165, 1.54) is 12.1 Å². The van der Waals surface area contributed by atoms with Gasteiger partial charge in [-0.2, -0.15) is 0 Å². The Hall–Kier alpha value is -1.66. The van der Waals surface area contributed by atoms with E-state index >= 15 is 0 Å². The zero-order valence-electron chi connectivity index (χ0n) is 8.14. The Morgan fingerprint density at radius 1 is 1.00 bits per heavy atom. The summed E-state index contributed by atoms with van der Waals surface area (Å²) in [6.45, 7) is -0.432. The fraction of sp³-hybridized carbons (Fsp3) is 0.333. The molecular weight excluding hydrogens is 200 g/mol. The second-order valence-electron chi connectivity index (χ2n) is 2.77. The molecule has 6 nitrogen and oxygen atoms in total. The van der Waals surface area contributed by atoms with E-state index in [9.17, 15) is 0 Å². The Morgan fingerprint density at radius 2 is 1.53 bits per heavy atom. The molecule has 0 aliphatic heterocycles. The van der Waals surface area contributed by atoms with Gasteiger partial charge in [0.2, 0.25) is 0 Å². The summed E-state index contributed by atoms with van der Waals surface area (Å²) in [6.07, 6.45) is 0. The first-order chi connectivity index (χ1) is 7.19. The van der Waals surface area contributed by atoms with Crippen LogP contribution in [0.5, 0.6) is 11.5 Å². The molecule has 0 heterocycles. The van der Waals surface area contributed by atoms with E-state index in [1.54, 1.807) is 0 Å². The van der Waals surface area contributed by atoms with Crippen LogP contribution < -0.4 is 20.9 Å². The lowest BCUT2D eigenvalue weighted by molar-refractivity contribution is 0.0992. The number of anilines is 2. The number of nitrogen functional groups attached to an aromatic ring is 2. The molecule has 0 aliphatic rings. The Morgan fingerprint density at radius 3 is 2.00 bits per heavy atom. The maximum atomic E-state index is 8.57.